The molecule has 0 spiro atoms. The van der Waals surface area contributed by atoms with E-state index < -0.39 is 6.10 Å². The Morgan fingerprint density at radius 2 is 1.70 bits per heavy atom. The van der Waals surface area contributed by atoms with Crippen LogP contribution in [0.5, 0.6) is 0 Å². The first-order valence-electron chi connectivity index (χ1n) is 7.21. The smallest absolute Gasteiger partial charge is 0.191 e. The highest BCUT2D eigenvalue weighted by Crippen LogP contribution is 2.16. The summed E-state index contributed by atoms with van der Waals surface area (Å²) >= 11 is 0. The van der Waals surface area contributed by atoms with Gasteiger partial charge in [-0.3, -0.25) is 4.79 Å². The second kappa shape index (κ2) is 8.02. The highest BCUT2D eigenvalue weighted by Gasteiger charge is 2.17. The van der Waals surface area contributed by atoms with Crippen LogP contribution in [0.15, 0.2) is 24.3 Å². The Labute approximate surface area is 122 Å². The molecule has 0 radical (unpaired) electrons. The minimum absolute atomic E-state index is 0.196. The Bertz CT molecular complexity index is 411. The Morgan fingerprint density at radius 3 is 2.15 bits per heavy atom. The molecule has 0 fully saturated rings. The van der Waals surface area contributed by atoms with Gasteiger partial charge in [0.1, 0.15) is 6.10 Å². The van der Waals surface area contributed by atoms with Crippen LogP contribution in [0.25, 0.3) is 0 Å². The van der Waals surface area contributed by atoms with Crippen molar-refractivity contribution < 1.29 is 9.90 Å². The van der Waals surface area contributed by atoms with E-state index in [-0.39, 0.29) is 5.78 Å². The second-order valence-corrected chi connectivity index (χ2v) is 5.19. The van der Waals surface area contributed by atoms with E-state index >= 15 is 0 Å². The maximum atomic E-state index is 12.1. The number of rotatable bonds is 8. The second-order valence-electron chi connectivity index (χ2n) is 5.19. The van der Waals surface area contributed by atoms with Crippen molar-refractivity contribution in [3.05, 3.63) is 29.8 Å². The van der Waals surface area contributed by atoms with Crippen LogP contribution >= 0.6 is 0 Å². The van der Waals surface area contributed by atoms with E-state index in [0.29, 0.717) is 18.5 Å². The Morgan fingerprint density at radius 1 is 1.15 bits per heavy atom. The lowest BCUT2D eigenvalue weighted by Gasteiger charge is -2.21. The normalized spacial score (nSPS) is 12.5. The number of hydrogen-bond acceptors (Lipinski definition) is 4. The number of benzene rings is 1. The zero-order valence-electron chi connectivity index (χ0n) is 13.0. The summed E-state index contributed by atoms with van der Waals surface area (Å²) in [5.41, 5.74) is 1.68. The van der Waals surface area contributed by atoms with Gasteiger partial charge in [0.2, 0.25) is 0 Å². The van der Waals surface area contributed by atoms with Crippen molar-refractivity contribution in [3.8, 4) is 0 Å². The van der Waals surface area contributed by atoms with Crippen LogP contribution in [0.4, 0.5) is 5.69 Å². The molecule has 112 valence electrons. The maximum Gasteiger partial charge on any atom is 0.191 e. The molecule has 0 amide bonds. The predicted molar refractivity (Wildman–Crippen MR) is 83.5 cm³/mol. The van der Waals surface area contributed by atoms with Gasteiger partial charge < -0.3 is 14.9 Å². The summed E-state index contributed by atoms with van der Waals surface area (Å²) in [7, 11) is 3.85. The molecule has 4 heteroatoms. The van der Waals surface area contributed by atoms with Crippen LogP contribution < -0.4 is 4.90 Å². The van der Waals surface area contributed by atoms with Gasteiger partial charge in [0, 0.05) is 30.9 Å². The Hall–Kier alpha value is -1.39. The molecular formula is C16H26N2O2. The SMILES string of the molecule is CCN(CC)c1ccc(C(=O)C(O)CCN(C)C)cc1. The van der Waals surface area contributed by atoms with Crippen molar-refractivity contribution in [3.63, 3.8) is 0 Å². The van der Waals surface area contributed by atoms with Crippen molar-refractivity contribution in [2.24, 2.45) is 0 Å². The van der Waals surface area contributed by atoms with Crippen LogP contribution in [0, 0.1) is 0 Å². The molecule has 4 nitrogen and oxygen atoms in total. The zero-order valence-corrected chi connectivity index (χ0v) is 13.0. The first-order valence-corrected chi connectivity index (χ1v) is 7.21. The first-order chi connectivity index (χ1) is 9.49. The van der Waals surface area contributed by atoms with E-state index in [4.69, 9.17) is 0 Å². The molecule has 20 heavy (non-hydrogen) atoms. The molecule has 0 saturated carbocycles. The fraction of sp³-hybridized carbons (Fsp3) is 0.562. The largest absolute Gasteiger partial charge is 0.385 e. The molecule has 0 saturated heterocycles. The van der Waals surface area contributed by atoms with E-state index in [1.807, 2.05) is 31.1 Å². The Kier molecular flexibility index (Phi) is 6.68. The third kappa shape index (κ3) is 4.62. The van der Waals surface area contributed by atoms with Crippen LogP contribution in [-0.2, 0) is 0 Å². The van der Waals surface area contributed by atoms with E-state index in [9.17, 15) is 9.90 Å². The number of aliphatic hydroxyl groups excluding tert-OH is 1. The van der Waals surface area contributed by atoms with Gasteiger partial charge in [0.05, 0.1) is 0 Å². The van der Waals surface area contributed by atoms with Gasteiger partial charge in [-0.2, -0.15) is 0 Å². The summed E-state index contributed by atoms with van der Waals surface area (Å²) in [5, 5.41) is 9.90. The van der Waals surface area contributed by atoms with Crippen LogP contribution in [-0.4, -0.2) is 55.6 Å². The third-order valence-corrected chi connectivity index (χ3v) is 3.43. The standard InChI is InChI=1S/C16H26N2O2/c1-5-18(6-2)14-9-7-13(8-10-14)16(20)15(19)11-12-17(3)4/h7-10,15,19H,5-6,11-12H2,1-4H3. The molecule has 1 rings (SSSR count). The summed E-state index contributed by atoms with van der Waals surface area (Å²) in [4.78, 5) is 16.3. The lowest BCUT2D eigenvalue weighted by molar-refractivity contribution is 0.0715. The molecule has 0 aliphatic rings. The lowest BCUT2D eigenvalue weighted by atomic mass is 10.0. The number of nitrogens with zero attached hydrogens (tertiary/aromatic N) is 2. The number of ketones is 1. The summed E-state index contributed by atoms with van der Waals surface area (Å²) in [5.74, 6) is -0.196. The fourth-order valence-corrected chi connectivity index (χ4v) is 2.13. The van der Waals surface area contributed by atoms with Crippen LogP contribution in [0.3, 0.4) is 0 Å². The number of Topliss-reactive ketones (excluding diaryl/α,β-unsaturated/α-hetero) is 1. The number of anilines is 1. The summed E-state index contributed by atoms with van der Waals surface area (Å²) in [6.45, 7) is 6.79. The summed E-state index contributed by atoms with van der Waals surface area (Å²) in [6.07, 6.45) is -0.458. The zero-order chi connectivity index (χ0) is 15.1. The van der Waals surface area contributed by atoms with Gasteiger partial charge in [0.15, 0.2) is 5.78 Å². The highest BCUT2D eigenvalue weighted by atomic mass is 16.3. The molecule has 1 unspecified atom stereocenters. The molecule has 0 aliphatic carbocycles. The van der Waals surface area contributed by atoms with Crippen LogP contribution in [0.2, 0.25) is 0 Å². The van der Waals surface area contributed by atoms with Crippen molar-refractivity contribution >= 4 is 11.5 Å². The number of hydrogen-bond donors (Lipinski definition) is 1. The van der Waals surface area contributed by atoms with Crippen molar-refractivity contribution in [1.29, 1.82) is 0 Å². The van der Waals surface area contributed by atoms with Crippen LogP contribution in [0.1, 0.15) is 30.6 Å². The molecule has 1 atom stereocenters. The predicted octanol–water partition coefficient (Wildman–Crippen LogP) is 2.03. The summed E-state index contributed by atoms with van der Waals surface area (Å²) < 4.78 is 0. The number of aliphatic hydroxyl groups is 1. The molecule has 0 bridgehead atoms. The van der Waals surface area contributed by atoms with Crippen molar-refractivity contribution in [1.82, 2.24) is 4.90 Å². The average molecular weight is 278 g/mol. The molecule has 1 aromatic rings. The molecule has 0 heterocycles. The molecule has 0 aliphatic heterocycles. The van der Waals surface area contributed by atoms with Gasteiger partial charge >= 0.3 is 0 Å². The van der Waals surface area contributed by atoms with Crippen molar-refractivity contribution in [2.75, 3.05) is 38.6 Å². The minimum atomic E-state index is -0.920. The first kappa shape index (κ1) is 16.7. The van der Waals surface area contributed by atoms with E-state index in [2.05, 4.69) is 18.7 Å². The van der Waals surface area contributed by atoms with E-state index in [1.165, 1.54) is 0 Å². The van der Waals surface area contributed by atoms with Gasteiger partial charge in [-0.1, -0.05) is 0 Å². The number of carbonyl (C=O) groups is 1. The summed E-state index contributed by atoms with van der Waals surface area (Å²) in [6, 6.07) is 7.49. The quantitative estimate of drug-likeness (QED) is 0.739. The molecule has 1 aromatic carbocycles. The Balaban J connectivity index is 2.70. The average Bonchev–Trinajstić information content (AvgIpc) is 2.46. The fourth-order valence-electron chi connectivity index (χ4n) is 2.13. The minimum Gasteiger partial charge on any atom is -0.385 e. The monoisotopic (exact) mass is 278 g/mol. The molecule has 0 aromatic heterocycles. The topological polar surface area (TPSA) is 43.8 Å². The van der Waals surface area contributed by atoms with Gasteiger partial charge in [-0.15, -0.1) is 0 Å². The van der Waals surface area contributed by atoms with E-state index in [1.54, 1.807) is 12.1 Å². The van der Waals surface area contributed by atoms with Gasteiger partial charge in [0.25, 0.3) is 0 Å². The van der Waals surface area contributed by atoms with E-state index in [0.717, 1.165) is 18.8 Å². The van der Waals surface area contributed by atoms with Gasteiger partial charge in [-0.05, 0) is 58.6 Å². The third-order valence-electron chi connectivity index (χ3n) is 3.43. The maximum absolute atomic E-state index is 12.1. The van der Waals surface area contributed by atoms with Crippen molar-refractivity contribution in [2.45, 2.75) is 26.4 Å². The highest BCUT2D eigenvalue weighted by molar-refractivity contribution is 5.99. The van der Waals surface area contributed by atoms with Gasteiger partial charge in [-0.25, -0.2) is 0 Å². The molecular weight excluding hydrogens is 252 g/mol. The lowest BCUT2D eigenvalue weighted by Crippen LogP contribution is -2.26. The number of carbonyl (C=O) groups excluding carboxylic acids is 1. The molecule has 1 N–H and O–H groups in total.